The zero-order valence-corrected chi connectivity index (χ0v) is 23.5. The first-order valence-corrected chi connectivity index (χ1v) is 13.7. The van der Waals surface area contributed by atoms with Crippen LogP contribution in [0.2, 0.25) is 10.0 Å². The van der Waals surface area contributed by atoms with Crippen molar-refractivity contribution in [3.8, 4) is 16.9 Å². The third kappa shape index (κ3) is 7.19. The van der Waals surface area contributed by atoms with Crippen LogP contribution in [0.5, 0.6) is 0 Å². The van der Waals surface area contributed by atoms with E-state index < -0.39 is 0 Å². The van der Waals surface area contributed by atoms with Crippen molar-refractivity contribution in [1.82, 2.24) is 14.7 Å². The minimum atomic E-state index is -0.342. The van der Waals surface area contributed by atoms with E-state index in [1.165, 1.54) is 4.90 Å². The zero-order chi connectivity index (χ0) is 27.8. The Morgan fingerprint density at radius 2 is 1.64 bits per heavy atom. The molecule has 0 atom stereocenters. The number of rotatable bonds is 10. The lowest BCUT2D eigenvalue weighted by atomic mass is 10.1. The molecule has 0 bridgehead atoms. The molecule has 3 aromatic carbocycles. The largest absolute Gasteiger partial charge is 0.322 e. The van der Waals surface area contributed by atoms with Gasteiger partial charge in [-0.3, -0.25) is 4.79 Å². The lowest BCUT2D eigenvalue weighted by molar-refractivity contribution is -0.116. The second-order valence-corrected chi connectivity index (χ2v) is 9.87. The van der Waals surface area contributed by atoms with Gasteiger partial charge in [0.1, 0.15) is 12.4 Å². The lowest BCUT2D eigenvalue weighted by Crippen LogP contribution is -2.41. The summed E-state index contributed by atoms with van der Waals surface area (Å²) >= 11 is 12.4. The molecule has 0 radical (unpaired) electrons. The molecule has 0 saturated carbocycles. The van der Waals surface area contributed by atoms with E-state index in [0.717, 1.165) is 36.1 Å². The van der Waals surface area contributed by atoms with Crippen LogP contribution in [0.1, 0.15) is 32.3 Å². The van der Waals surface area contributed by atoms with Crippen molar-refractivity contribution in [1.29, 1.82) is 0 Å². The maximum Gasteiger partial charge on any atom is 0.322 e. The first-order chi connectivity index (χ1) is 18.9. The van der Waals surface area contributed by atoms with Crippen LogP contribution in [0.15, 0.2) is 78.9 Å². The number of halogens is 2. The Bertz CT molecular complexity index is 1440. The highest BCUT2D eigenvalue weighted by Crippen LogP contribution is 2.29. The van der Waals surface area contributed by atoms with Crippen molar-refractivity contribution in [2.75, 3.05) is 23.7 Å². The topological polar surface area (TPSA) is 79.3 Å². The predicted octanol–water partition coefficient (Wildman–Crippen LogP) is 7.68. The minimum absolute atomic E-state index is 0.118. The number of hydrogen-bond acceptors (Lipinski definition) is 3. The van der Waals surface area contributed by atoms with Gasteiger partial charge < -0.3 is 15.5 Å². The molecule has 0 fully saturated rings. The summed E-state index contributed by atoms with van der Waals surface area (Å²) in [5.74, 6) is 0.107. The summed E-state index contributed by atoms with van der Waals surface area (Å²) in [7, 11) is 0. The van der Waals surface area contributed by atoms with Gasteiger partial charge in [-0.1, -0.05) is 92.0 Å². The number of benzene rings is 3. The Balaban J connectivity index is 1.58. The van der Waals surface area contributed by atoms with E-state index in [2.05, 4.69) is 10.6 Å². The molecule has 39 heavy (non-hydrogen) atoms. The number of hydrogen-bond donors (Lipinski definition) is 2. The third-order valence-electron chi connectivity index (χ3n) is 6.24. The predicted molar refractivity (Wildman–Crippen MR) is 159 cm³/mol. The van der Waals surface area contributed by atoms with Gasteiger partial charge in [0.25, 0.3) is 0 Å². The number of carbonyl (C=O) groups is 2. The third-order valence-corrected chi connectivity index (χ3v) is 6.98. The second kappa shape index (κ2) is 13.3. The number of amides is 3. The van der Waals surface area contributed by atoms with E-state index in [-0.39, 0.29) is 18.5 Å². The van der Waals surface area contributed by atoms with Gasteiger partial charge in [0.05, 0.1) is 21.4 Å². The number of unbranched alkanes of at least 4 members (excludes halogenated alkanes) is 1. The summed E-state index contributed by atoms with van der Waals surface area (Å²) in [5, 5.41) is 11.4. The Hall–Kier alpha value is -3.81. The molecule has 0 aliphatic rings. The normalized spacial score (nSPS) is 10.8. The van der Waals surface area contributed by atoms with Crippen molar-refractivity contribution < 1.29 is 9.59 Å². The van der Waals surface area contributed by atoms with Crippen LogP contribution in [0.25, 0.3) is 16.9 Å². The fourth-order valence-electron chi connectivity index (χ4n) is 4.14. The van der Waals surface area contributed by atoms with Gasteiger partial charge in [-0.05, 0) is 42.7 Å². The van der Waals surface area contributed by atoms with Gasteiger partial charge in [-0.15, -0.1) is 0 Å². The smallest absolute Gasteiger partial charge is 0.315 e. The van der Waals surface area contributed by atoms with Crippen LogP contribution >= 0.6 is 23.2 Å². The van der Waals surface area contributed by atoms with Crippen LogP contribution in [-0.2, 0) is 11.2 Å². The molecule has 3 amide bonds. The second-order valence-electron chi connectivity index (χ2n) is 9.06. The van der Waals surface area contributed by atoms with E-state index in [4.69, 9.17) is 28.3 Å². The van der Waals surface area contributed by atoms with Gasteiger partial charge in [0.2, 0.25) is 5.91 Å². The summed E-state index contributed by atoms with van der Waals surface area (Å²) in [6.07, 6.45) is 2.45. The fraction of sp³-hybridized carbons (Fsp3) is 0.233. The molecule has 9 heteroatoms. The first kappa shape index (κ1) is 28.2. The molecule has 0 saturated heterocycles. The van der Waals surface area contributed by atoms with Crippen molar-refractivity contribution in [3.63, 3.8) is 0 Å². The average Bonchev–Trinajstić information content (AvgIpc) is 3.36. The van der Waals surface area contributed by atoms with Crippen molar-refractivity contribution in [2.45, 2.75) is 33.1 Å². The lowest BCUT2D eigenvalue weighted by Gasteiger charge is -2.23. The van der Waals surface area contributed by atoms with E-state index in [1.54, 1.807) is 28.9 Å². The van der Waals surface area contributed by atoms with E-state index in [1.807, 2.05) is 68.4 Å². The number of para-hydroxylation sites is 1. The molecule has 0 spiro atoms. The first-order valence-electron chi connectivity index (χ1n) is 12.9. The molecule has 7 nitrogen and oxygen atoms in total. The molecule has 202 valence electrons. The minimum Gasteiger partial charge on any atom is -0.315 e. The molecule has 4 rings (SSSR count). The highest BCUT2D eigenvalue weighted by atomic mass is 35.5. The summed E-state index contributed by atoms with van der Waals surface area (Å²) in [6.45, 7) is 4.41. The Morgan fingerprint density at radius 3 is 2.36 bits per heavy atom. The fourth-order valence-corrected chi connectivity index (χ4v) is 4.43. The summed E-state index contributed by atoms with van der Waals surface area (Å²) < 4.78 is 1.61. The van der Waals surface area contributed by atoms with Gasteiger partial charge in [0.15, 0.2) is 0 Å². The van der Waals surface area contributed by atoms with Crippen LogP contribution in [0, 0.1) is 0 Å². The van der Waals surface area contributed by atoms with Crippen LogP contribution < -0.4 is 10.6 Å². The van der Waals surface area contributed by atoms with Crippen molar-refractivity contribution in [3.05, 3.63) is 94.5 Å². The average molecular weight is 565 g/mol. The molecule has 2 N–H and O–H groups in total. The number of anilines is 2. The Kier molecular flexibility index (Phi) is 9.63. The number of carbonyl (C=O) groups excluding carboxylic acids is 2. The summed E-state index contributed by atoms with van der Waals surface area (Å²) in [6, 6.07) is 24.0. The van der Waals surface area contributed by atoms with Crippen LogP contribution in [-0.4, -0.2) is 39.7 Å². The van der Waals surface area contributed by atoms with E-state index in [0.29, 0.717) is 33.8 Å². The quantitative estimate of drug-likeness (QED) is 0.207. The van der Waals surface area contributed by atoms with E-state index >= 15 is 0 Å². The Morgan fingerprint density at radius 1 is 0.897 bits per heavy atom. The van der Waals surface area contributed by atoms with E-state index in [9.17, 15) is 9.59 Å². The van der Waals surface area contributed by atoms with Crippen molar-refractivity contribution >= 4 is 46.6 Å². The number of nitrogens with one attached hydrogen (secondary N) is 2. The van der Waals surface area contributed by atoms with Crippen LogP contribution in [0.3, 0.4) is 0 Å². The van der Waals surface area contributed by atoms with Gasteiger partial charge in [-0.25, -0.2) is 9.48 Å². The highest BCUT2D eigenvalue weighted by Gasteiger charge is 2.20. The van der Waals surface area contributed by atoms with Crippen LogP contribution in [0.4, 0.5) is 16.3 Å². The molecular formula is C30H31Cl2N5O2. The number of nitrogens with zero attached hydrogens (tertiary/aromatic N) is 3. The monoisotopic (exact) mass is 563 g/mol. The maximum atomic E-state index is 13.3. The number of aromatic nitrogens is 2. The molecule has 0 aliphatic heterocycles. The molecule has 0 unspecified atom stereocenters. The van der Waals surface area contributed by atoms with Gasteiger partial charge >= 0.3 is 6.03 Å². The molecule has 1 heterocycles. The molecule has 1 aromatic heterocycles. The molecular weight excluding hydrogens is 533 g/mol. The van der Waals surface area contributed by atoms with Crippen molar-refractivity contribution in [2.24, 2.45) is 0 Å². The molecule has 4 aromatic rings. The zero-order valence-electron chi connectivity index (χ0n) is 22.0. The Labute approximate surface area is 238 Å². The van der Waals surface area contributed by atoms with Gasteiger partial charge in [-0.2, -0.15) is 5.10 Å². The summed E-state index contributed by atoms with van der Waals surface area (Å²) in [5.41, 5.74) is 3.99. The SMILES string of the molecule is CCCCN(CC(=O)Nc1cc(-c2ccccc2)nn1-c1ccc(Cl)c(Cl)c1)C(=O)Nc1ccccc1CC. The molecule has 0 aliphatic carbocycles. The number of aryl methyl sites for hydroxylation is 1. The number of urea groups is 1. The van der Waals surface area contributed by atoms with Gasteiger partial charge in [0, 0.05) is 23.9 Å². The standard InChI is InChI=1S/C30H31Cl2N5O2/c1-3-5-17-36(30(39)33-26-14-10-9-11-21(26)4-2)20-29(38)34-28-19-27(22-12-7-6-8-13-22)35-37(28)23-15-16-24(31)25(32)18-23/h6-16,18-19H,3-5,17,20H2,1-2H3,(H,33,39)(H,34,38). The maximum absolute atomic E-state index is 13.3. The highest BCUT2D eigenvalue weighted by molar-refractivity contribution is 6.42. The summed E-state index contributed by atoms with van der Waals surface area (Å²) in [4.78, 5) is 28.0.